The zero-order valence-electron chi connectivity index (χ0n) is 18.5. The average Bonchev–Trinajstić information content (AvgIpc) is 3.58. The zero-order valence-corrected chi connectivity index (χ0v) is 20.2. The van der Waals surface area contributed by atoms with Crippen molar-refractivity contribution in [2.75, 3.05) is 13.7 Å². The molecule has 1 amide bonds. The fourth-order valence-corrected chi connectivity index (χ4v) is 6.48. The Bertz CT molecular complexity index is 1150. The standard InChI is InChI=1S/C25H25NO5S2/c1-14(27)13-30-22-11-17(5-7-21(22)29-2)20-8-6-18(31-20)12-23-24(28)26(25(32)33-23)19-10-15-3-4-16(19)9-15/h5-8,11-12,15-16,19H,3-4,9-10,13H2,1-2H3/b23-12-. The molecule has 1 saturated heterocycles. The highest BCUT2D eigenvalue weighted by molar-refractivity contribution is 8.26. The fourth-order valence-electron chi connectivity index (χ4n) is 5.13. The molecular weight excluding hydrogens is 458 g/mol. The van der Waals surface area contributed by atoms with E-state index in [1.165, 1.54) is 37.9 Å². The predicted molar refractivity (Wildman–Crippen MR) is 131 cm³/mol. The summed E-state index contributed by atoms with van der Waals surface area (Å²) in [5.74, 6) is 3.46. The first-order valence-electron chi connectivity index (χ1n) is 11.1. The summed E-state index contributed by atoms with van der Waals surface area (Å²) in [6.07, 6.45) is 6.55. The minimum absolute atomic E-state index is 0.00938. The van der Waals surface area contributed by atoms with Gasteiger partial charge in [0.05, 0.1) is 12.0 Å². The summed E-state index contributed by atoms with van der Waals surface area (Å²) in [6.45, 7) is 1.43. The Labute approximate surface area is 202 Å². The molecule has 33 heavy (non-hydrogen) atoms. The zero-order chi connectivity index (χ0) is 23.1. The molecule has 0 radical (unpaired) electrons. The molecule has 0 N–H and O–H groups in total. The summed E-state index contributed by atoms with van der Waals surface area (Å²) < 4.78 is 17.6. The van der Waals surface area contributed by atoms with Crippen molar-refractivity contribution >= 4 is 46.1 Å². The van der Waals surface area contributed by atoms with Gasteiger partial charge >= 0.3 is 0 Å². The maximum Gasteiger partial charge on any atom is 0.266 e. The van der Waals surface area contributed by atoms with Crippen molar-refractivity contribution < 1.29 is 23.5 Å². The third kappa shape index (κ3) is 4.34. The summed E-state index contributed by atoms with van der Waals surface area (Å²) >= 11 is 6.93. The molecule has 6 nitrogen and oxygen atoms in total. The number of benzene rings is 1. The van der Waals surface area contributed by atoms with Crippen molar-refractivity contribution in [2.45, 2.75) is 38.6 Å². The van der Waals surface area contributed by atoms with Crippen molar-refractivity contribution in [3.05, 3.63) is 41.0 Å². The third-order valence-electron chi connectivity index (χ3n) is 6.64. The van der Waals surface area contributed by atoms with E-state index in [4.69, 9.17) is 26.1 Å². The number of nitrogens with zero attached hydrogens (tertiary/aromatic N) is 1. The number of furan rings is 1. The fraction of sp³-hybridized carbons (Fsp3) is 0.400. The van der Waals surface area contributed by atoms with Gasteiger partial charge in [0.15, 0.2) is 17.3 Å². The molecule has 2 saturated carbocycles. The number of hydrogen-bond acceptors (Lipinski definition) is 7. The lowest BCUT2D eigenvalue weighted by atomic mass is 9.94. The minimum atomic E-state index is -0.0783. The van der Waals surface area contributed by atoms with Crippen LogP contribution in [0.15, 0.2) is 39.7 Å². The summed E-state index contributed by atoms with van der Waals surface area (Å²) in [4.78, 5) is 26.9. The number of ether oxygens (including phenoxy) is 2. The van der Waals surface area contributed by atoms with Crippen molar-refractivity contribution in [1.82, 2.24) is 4.90 Å². The van der Waals surface area contributed by atoms with Crippen LogP contribution in [0.4, 0.5) is 0 Å². The minimum Gasteiger partial charge on any atom is -0.493 e. The Kier molecular flexibility index (Phi) is 6.05. The summed E-state index contributed by atoms with van der Waals surface area (Å²) in [5, 5.41) is 0. The summed E-state index contributed by atoms with van der Waals surface area (Å²) in [6, 6.07) is 9.34. The Morgan fingerprint density at radius 2 is 2.09 bits per heavy atom. The van der Waals surface area contributed by atoms with E-state index in [-0.39, 0.29) is 24.3 Å². The molecule has 172 valence electrons. The number of carbonyl (C=O) groups excluding carboxylic acids is 2. The van der Waals surface area contributed by atoms with E-state index < -0.39 is 0 Å². The normalized spacial score (nSPS) is 25.3. The molecule has 1 aromatic heterocycles. The van der Waals surface area contributed by atoms with Crippen LogP contribution >= 0.6 is 24.0 Å². The number of hydrogen-bond donors (Lipinski definition) is 0. The molecule has 2 bridgehead atoms. The maximum atomic E-state index is 13.2. The lowest BCUT2D eigenvalue weighted by Gasteiger charge is -2.30. The van der Waals surface area contributed by atoms with Crippen LogP contribution in [0, 0.1) is 11.8 Å². The third-order valence-corrected chi connectivity index (χ3v) is 7.97. The summed E-state index contributed by atoms with van der Waals surface area (Å²) in [7, 11) is 1.55. The van der Waals surface area contributed by atoms with Crippen LogP contribution in [0.3, 0.4) is 0 Å². The molecular formula is C25H25NO5S2. The SMILES string of the molecule is COc1ccc(-c2ccc(/C=C3\SC(=S)N(C4CC5CCC4C5)C3=O)o2)cc1OCC(C)=O. The largest absolute Gasteiger partial charge is 0.493 e. The van der Waals surface area contributed by atoms with Crippen LogP contribution in [0.1, 0.15) is 38.4 Å². The molecule has 1 aromatic carbocycles. The van der Waals surface area contributed by atoms with Gasteiger partial charge in [0.1, 0.15) is 22.4 Å². The molecule has 8 heteroatoms. The van der Waals surface area contributed by atoms with Crippen LogP contribution < -0.4 is 9.47 Å². The molecule has 2 aliphatic carbocycles. The van der Waals surface area contributed by atoms with E-state index in [0.29, 0.717) is 38.2 Å². The second-order valence-corrected chi connectivity index (χ2v) is 10.5. The van der Waals surface area contributed by atoms with Crippen LogP contribution in [0.25, 0.3) is 17.4 Å². The number of rotatable bonds is 7. The van der Waals surface area contributed by atoms with Gasteiger partial charge in [0, 0.05) is 17.7 Å². The number of thioether (sulfide) groups is 1. The van der Waals surface area contributed by atoms with E-state index >= 15 is 0 Å². The Hall–Kier alpha value is -2.58. The molecule has 2 heterocycles. The Morgan fingerprint density at radius 1 is 1.24 bits per heavy atom. The summed E-state index contributed by atoms with van der Waals surface area (Å²) in [5.41, 5.74) is 0.781. The first-order chi connectivity index (χ1) is 15.9. The number of methoxy groups -OCH3 is 1. The molecule has 3 aliphatic rings. The first-order valence-corrected chi connectivity index (χ1v) is 12.3. The molecule has 1 aliphatic heterocycles. The molecule has 5 rings (SSSR count). The molecule has 3 unspecified atom stereocenters. The monoisotopic (exact) mass is 483 g/mol. The van der Waals surface area contributed by atoms with E-state index in [1.807, 2.05) is 23.1 Å². The van der Waals surface area contributed by atoms with Crippen molar-refractivity contribution in [1.29, 1.82) is 0 Å². The van der Waals surface area contributed by atoms with Gasteiger partial charge in [-0.1, -0.05) is 30.4 Å². The molecule has 3 fully saturated rings. The van der Waals surface area contributed by atoms with Gasteiger partial charge in [-0.15, -0.1) is 0 Å². The van der Waals surface area contributed by atoms with Gasteiger partial charge in [-0.2, -0.15) is 0 Å². The van der Waals surface area contributed by atoms with E-state index in [1.54, 1.807) is 25.3 Å². The van der Waals surface area contributed by atoms with Crippen molar-refractivity contribution in [3.63, 3.8) is 0 Å². The van der Waals surface area contributed by atoms with Gasteiger partial charge in [0.25, 0.3) is 5.91 Å². The number of amides is 1. The molecule has 3 atom stereocenters. The van der Waals surface area contributed by atoms with Gasteiger partial charge < -0.3 is 13.9 Å². The average molecular weight is 484 g/mol. The van der Waals surface area contributed by atoms with Gasteiger partial charge in [-0.3, -0.25) is 14.5 Å². The highest BCUT2D eigenvalue weighted by Gasteiger charge is 2.48. The van der Waals surface area contributed by atoms with Gasteiger partial charge in [0.2, 0.25) is 0 Å². The van der Waals surface area contributed by atoms with E-state index in [2.05, 4.69) is 0 Å². The highest BCUT2D eigenvalue weighted by Crippen LogP contribution is 2.49. The van der Waals surface area contributed by atoms with Gasteiger partial charge in [-0.05, 0) is 68.4 Å². The van der Waals surface area contributed by atoms with Crippen LogP contribution in [0.2, 0.25) is 0 Å². The predicted octanol–water partition coefficient (Wildman–Crippen LogP) is 5.31. The second kappa shape index (κ2) is 8.99. The number of fused-ring (bicyclic) bond motifs is 2. The number of ketones is 1. The molecule has 0 spiro atoms. The quantitative estimate of drug-likeness (QED) is 0.390. The first kappa shape index (κ1) is 22.2. The van der Waals surface area contributed by atoms with Crippen LogP contribution in [0.5, 0.6) is 11.5 Å². The highest BCUT2D eigenvalue weighted by atomic mass is 32.2. The van der Waals surface area contributed by atoms with E-state index in [9.17, 15) is 9.59 Å². The van der Waals surface area contributed by atoms with Crippen LogP contribution in [-0.4, -0.2) is 40.7 Å². The topological polar surface area (TPSA) is 69.0 Å². The lowest BCUT2D eigenvalue weighted by molar-refractivity contribution is -0.124. The van der Waals surface area contributed by atoms with E-state index in [0.717, 1.165) is 17.9 Å². The smallest absolute Gasteiger partial charge is 0.266 e. The lowest BCUT2D eigenvalue weighted by Crippen LogP contribution is -2.41. The Morgan fingerprint density at radius 3 is 2.79 bits per heavy atom. The van der Waals surface area contributed by atoms with Crippen molar-refractivity contribution in [3.8, 4) is 22.8 Å². The molecule has 2 aromatic rings. The van der Waals surface area contributed by atoms with Gasteiger partial charge in [-0.25, -0.2) is 0 Å². The Balaban J connectivity index is 1.35. The second-order valence-electron chi connectivity index (χ2n) is 8.85. The number of carbonyl (C=O) groups is 2. The van der Waals surface area contributed by atoms with Crippen molar-refractivity contribution in [2.24, 2.45) is 11.8 Å². The number of thiocarbonyl (C=S) groups is 1. The number of Topliss-reactive ketones (excluding diaryl/α,β-unsaturated/α-hetero) is 1. The maximum absolute atomic E-state index is 13.2. The van der Waals surface area contributed by atoms with Crippen LogP contribution in [-0.2, 0) is 9.59 Å².